The van der Waals surface area contributed by atoms with E-state index in [-0.39, 0.29) is 0 Å². The summed E-state index contributed by atoms with van der Waals surface area (Å²) in [6, 6.07) is 0.728. The van der Waals surface area contributed by atoms with Crippen LogP contribution < -0.4 is 5.73 Å². The zero-order valence-electron chi connectivity index (χ0n) is 8.84. The molecule has 0 aliphatic rings. The van der Waals surface area contributed by atoms with Gasteiger partial charge in [-0.2, -0.15) is 0 Å². The van der Waals surface area contributed by atoms with Crippen LogP contribution in [0.5, 0.6) is 0 Å². The van der Waals surface area contributed by atoms with Crippen LogP contribution in [0, 0.1) is 0 Å². The quantitative estimate of drug-likeness (QED) is 0.635. The molecule has 74 valence electrons. The summed E-state index contributed by atoms with van der Waals surface area (Å²) in [4.78, 5) is 2.51. The van der Waals surface area contributed by atoms with Crippen molar-refractivity contribution in [3.8, 4) is 0 Å². The summed E-state index contributed by atoms with van der Waals surface area (Å²) < 4.78 is 0. The van der Waals surface area contributed by atoms with Crippen molar-refractivity contribution < 1.29 is 0 Å². The van der Waals surface area contributed by atoms with Crippen molar-refractivity contribution in [3.63, 3.8) is 0 Å². The maximum absolute atomic E-state index is 5.48. The molecule has 2 heteroatoms. The first-order chi connectivity index (χ1) is 5.76. The highest BCUT2D eigenvalue weighted by atomic mass is 15.1. The van der Waals surface area contributed by atoms with Crippen LogP contribution >= 0.6 is 0 Å². The molecule has 1 atom stereocenters. The minimum absolute atomic E-state index is 0.728. The molecule has 0 aromatic heterocycles. The highest BCUT2D eigenvalue weighted by molar-refractivity contribution is 4.65. The standard InChI is InChI=1S/C10H24N2/c1-4-7-10(3)12(5-2)9-6-8-11/h10H,4-9,11H2,1-3H3. The molecule has 12 heavy (non-hydrogen) atoms. The lowest BCUT2D eigenvalue weighted by Crippen LogP contribution is -2.34. The van der Waals surface area contributed by atoms with Gasteiger partial charge in [-0.15, -0.1) is 0 Å². The molecule has 0 saturated heterocycles. The SMILES string of the molecule is CCCC(C)N(CC)CCCN. The average molecular weight is 172 g/mol. The first-order valence-corrected chi connectivity index (χ1v) is 5.20. The van der Waals surface area contributed by atoms with Gasteiger partial charge < -0.3 is 10.6 Å². The second kappa shape index (κ2) is 7.56. The van der Waals surface area contributed by atoms with E-state index >= 15 is 0 Å². The van der Waals surface area contributed by atoms with Gasteiger partial charge in [0, 0.05) is 6.04 Å². The highest BCUT2D eigenvalue weighted by Crippen LogP contribution is 2.06. The molecule has 0 saturated carbocycles. The first-order valence-electron chi connectivity index (χ1n) is 5.20. The molecule has 0 aliphatic heterocycles. The second-order valence-corrected chi connectivity index (χ2v) is 3.41. The minimum Gasteiger partial charge on any atom is -0.330 e. The summed E-state index contributed by atoms with van der Waals surface area (Å²) >= 11 is 0. The lowest BCUT2D eigenvalue weighted by Gasteiger charge is -2.27. The van der Waals surface area contributed by atoms with Crippen molar-refractivity contribution in [2.24, 2.45) is 5.73 Å². The molecule has 0 amide bonds. The highest BCUT2D eigenvalue weighted by Gasteiger charge is 2.09. The average Bonchev–Trinajstić information content (AvgIpc) is 2.06. The van der Waals surface area contributed by atoms with E-state index in [1.807, 2.05) is 0 Å². The Bertz CT molecular complexity index is 93.8. The van der Waals surface area contributed by atoms with Crippen molar-refractivity contribution in [2.45, 2.75) is 46.1 Å². The summed E-state index contributed by atoms with van der Waals surface area (Å²) in [7, 11) is 0. The number of rotatable bonds is 7. The van der Waals surface area contributed by atoms with Crippen molar-refractivity contribution in [3.05, 3.63) is 0 Å². The predicted octanol–water partition coefficient (Wildman–Crippen LogP) is 1.85. The maximum atomic E-state index is 5.48. The van der Waals surface area contributed by atoms with Crippen LogP contribution in [0.2, 0.25) is 0 Å². The number of hydrogen-bond donors (Lipinski definition) is 1. The van der Waals surface area contributed by atoms with Crippen LogP contribution in [-0.4, -0.2) is 30.6 Å². The summed E-state index contributed by atoms with van der Waals surface area (Å²) in [5.74, 6) is 0. The van der Waals surface area contributed by atoms with Gasteiger partial charge >= 0.3 is 0 Å². The fourth-order valence-electron chi connectivity index (χ4n) is 1.58. The lowest BCUT2D eigenvalue weighted by atomic mass is 10.1. The van der Waals surface area contributed by atoms with Crippen molar-refractivity contribution in [2.75, 3.05) is 19.6 Å². The van der Waals surface area contributed by atoms with Crippen molar-refractivity contribution >= 4 is 0 Å². The van der Waals surface area contributed by atoms with Gasteiger partial charge in [0.15, 0.2) is 0 Å². The third-order valence-electron chi connectivity index (χ3n) is 2.39. The minimum atomic E-state index is 0.728. The van der Waals surface area contributed by atoms with Crippen molar-refractivity contribution in [1.82, 2.24) is 4.90 Å². The van der Waals surface area contributed by atoms with Gasteiger partial charge in [-0.3, -0.25) is 0 Å². The Kier molecular flexibility index (Phi) is 7.51. The van der Waals surface area contributed by atoms with Gasteiger partial charge in [-0.1, -0.05) is 20.3 Å². The third-order valence-corrected chi connectivity index (χ3v) is 2.39. The van der Waals surface area contributed by atoms with Gasteiger partial charge in [-0.05, 0) is 39.4 Å². The topological polar surface area (TPSA) is 29.3 Å². The van der Waals surface area contributed by atoms with E-state index in [9.17, 15) is 0 Å². The largest absolute Gasteiger partial charge is 0.330 e. The Labute approximate surface area is 77.1 Å². The zero-order chi connectivity index (χ0) is 9.40. The van der Waals surface area contributed by atoms with Gasteiger partial charge in [0.2, 0.25) is 0 Å². The molecule has 0 radical (unpaired) electrons. The molecular formula is C10H24N2. The Balaban J connectivity index is 3.62. The normalized spacial score (nSPS) is 13.8. The first kappa shape index (κ1) is 11.9. The summed E-state index contributed by atoms with van der Waals surface area (Å²) in [5, 5.41) is 0. The molecule has 2 N–H and O–H groups in total. The van der Waals surface area contributed by atoms with E-state index < -0.39 is 0 Å². The molecule has 2 nitrogen and oxygen atoms in total. The van der Waals surface area contributed by atoms with Crippen LogP contribution in [-0.2, 0) is 0 Å². The monoisotopic (exact) mass is 172 g/mol. The molecule has 0 aliphatic carbocycles. The Morgan fingerprint density at radius 2 is 2.00 bits per heavy atom. The molecule has 0 heterocycles. The molecule has 0 aromatic rings. The second-order valence-electron chi connectivity index (χ2n) is 3.41. The smallest absolute Gasteiger partial charge is 0.00667 e. The predicted molar refractivity (Wildman–Crippen MR) is 55.3 cm³/mol. The van der Waals surface area contributed by atoms with E-state index in [0.717, 1.165) is 32.1 Å². The Morgan fingerprint density at radius 1 is 1.33 bits per heavy atom. The number of nitrogens with zero attached hydrogens (tertiary/aromatic N) is 1. The molecular weight excluding hydrogens is 148 g/mol. The summed E-state index contributed by atoms with van der Waals surface area (Å²) in [6.45, 7) is 9.91. The fourth-order valence-corrected chi connectivity index (χ4v) is 1.58. The van der Waals surface area contributed by atoms with Crippen LogP contribution in [0.1, 0.15) is 40.0 Å². The zero-order valence-corrected chi connectivity index (χ0v) is 8.84. The van der Waals surface area contributed by atoms with Crippen molar-refractivity contribution in [1.29, 1.82) is 0 Å². The summed E-state index contributed by atoms with van der Waals surface area (Å²) in [6.07, 6.45) is 3.71. The van der Waals surface area contributed by atoms with Crippen LogP contribution in [0.3, 0.4) is 0 Å². The van der Waals surface area contributed by atoms with Crippen LogP contribution in [0.25, 0.3) is 0 Å². The van der Waals surface area contributed by atoms with Crippen LogP contribution in [0.4, 0.5) is 0 Å². The fraction of sp³-hybridized carbons (Fsp3) is 1.00. The number of nitrogens with two attached hydrogens (primary N) is 1. The molecule has 0 aromatic carbocycles. The molecule has 1 unspecified atom stereocenters. The maximum Gasteiger partial charge on any atom is 0.00667 e. The van der Waals surface area contributed by atoms with Gasteiger partial charge in [0.25, 0.3) is 0 Å². The van der Waals surface area contributed by atoms with Gasteiger partial charge in [0.1, 0.15) is 0 Å². The van der Waals surface area contributed by atoms with Gasteiger partial charge in [-0.25, -0.2) is 0 Å². The molecule has 0 fully saturated rings. The Morgan fingerprint density at radius 3 is 2.42 bits per heavy atom. The molecule has 0 rings (SSSR count). The summed E-state index contributed by atoms with van der Waals surface area (Å²) in [5.41, 5.74) is 5.48. The van der Waals surface area contributed by atoms with Gasteiger partial charge in [0.05, 0.1) is 0 Å². The number of hydrogen-bond acceptors (Lipinski definition) is 2. The van der Waals surface area contributed by atoms with E-state index in [2.05, 4.69) is 25.7 Å². The van der Waals surface area contributed by atoms with E-state index in [1.165, 1.54) is 12.8 Å². The van der Waals surface area contributed by atoms with Crippen LogP contribution in [0.15, 0.2) is 0 Å². The molecule has 0 bridgehead atoms. The molecule has 0 spiro atoms. The lowest BCUT2D eigenvalue weighted by molar-refractivity contribution is 0.208. The van der Waals surface area contributed by atoms with E-state index in [1.54, 1.807) is 0 Å². The van der Waals surface area contributed by atoms with E-state index in [4.69, 9.17) is 5.73 Å². The Hall–Kier alpha value is -0.0800. The van der Waals surface area contributed by atoms with E-state index in [0.29, 0.717) is 0 Å². The third kappa shape index (κ3) is 4.73.